The van der Waals surface area contributed by atoms with Gasteiger partial charge in [0.05, 0.1) is 22.4 Å². The summed E-state index contributed by atoms with van der Waals surface area (Å²) in [4.78, 5) is 2.47. The fraction of sp³-hybridized carbons (Fsp3) is 0.0189. The lowest BCUT2D eigenvalue weighted by Crippen LogP contribution is -2.35. The topological polar surface area (TPSA) is 8.17 Å². The molecule has 2 nitrogen and oxygen atoms in total. The smallest absolute Gasteiger partial charge is 0.122 e. The largest absolute Gasteiger partial charge is 0.322 e. The van der Waals surface area contributed by atoms with E-state index in [1.807, 2.05) is 0 Å². The van der Waals surface area contributed by atoms with Crippen molar-refractivity contribution in [3.05, 3.63) is 235 Å². The number of aromatic nitrogens is 1. The maximum absolute atomic E-state index is 2.64. The molecule has 0 unspecified atom stereocenters. The number of hydrogen-bond acceptors (Lipinski definition) is 1. The van der Waals surface area contributed by atoms with Gasteiger partial charge in [0.25, 0.3) is 0 Å². The van der Waals surface area contributed by atoms with Crippen molar-refractivity contribution in [3.63, 3.8) is 0 Å². The highest BCUT2D eigenvalue weighted by Crippen LogP contribution is 2.56. The lowest BCUT2D eigenvalue weighted by Gasteiger charge is -2.36. The molecule has 10 aromatic rings. The molecule has 1 aromatic heterocycles. The van der Waals surface area contributed by atoms with Gasteiger partial charge in [-0.15, -0.1) is 0 Å². The molecule has 1 aliphatic rings. The summed E-state index contributed by atoms with van der Waals surface area (Å²) in [6.45, 7) is 0. The fourth-order valence-corrected chi connectivity index (χ4v) is 9.37. The average molecular weight is 701 g/mol. The van der Waals surface area contributed by atoms with E-state index in [2.05, 4.69) is 228 Å². The van der Waals surface area contributed by atoms with Crippen LogP contribution in [-0.4, -0.2) is 4.57 Å². The van der Waals surface area contributed by atoms with Crippen molar-refractivity contribution in [2.75, 3.05) is 4.90 Å². The Morgan fingerprint density at radius 2 is 0.891 bits per heavy atom. The molecule has 11 rings (SSSR count). The Hall–Kier alpha value is -7.16. The zero-order valence-electron chi connectivity index (χ0n) is 30.2. The van der Waals surface area contributed by atoms with Crippen molar-refractivity contribution < 1.29 is 0 Å². The average Bonchev–Trinajstić information content (AvgIpc) is 3.76. The second kappa shape index (κ2) is 12.5. The van der Waals surface area contributed by atoms with E-state index in [0.29, 0.717) is 0 Å². The summed E-state index contributed by atoms with van der Waals surface area (Å²) >= 11 is 0. The molecular weight excluding hydrogens is 665 g/mol. The van der Waals surface area contributed by atoms with E-state index in [-0.39, 0.29) is 0 Å². The Labute approximate surface area is 320 Å². The summed E-state index contributed by atoms with van der Waals surface area (Å²) in [7, 11) is 0. The van der Waals surface area contributed by atoms with Gasteiger partial charge < -0.3 is 9.47 Å². The van der Waals surface area contributed by atoms with Gasteiger partial charge in [-0.25, -0.2) is 0 Å². The van der Waals surface area contributed by atoms with Gasteiger partial charge in [-0.3, -0.25) is 0 Å². The summed E-state index contributed by atoms with van der Waals surface area (Å²) in [5, 5.41) is 4.85. The van der Waals surface area contributed by atoms with Gasteiger partial charge in [0.15, 0.2) is 0 Å². The van der Waals surface area contributed by atoms with Crippen molar-refractivity contribution >= 4 is 49.6 Å². The number of nitrogens with zero attached hydrogens (tertiary/aromatic N) is 2. The maximum Gasteiger partial charge on any atom is 0.122 e. The second-order valence-electron chi connectivity index (χ2n) is 14.4. The Morgan fingerprint density at radius 1 is 0.364 bits per heavy atom. The summed E-state index contributed by atoms with van der Waals surface area (Å²) in [6.07, 6.45) is 0. The summed E-state index contributed by atoms with van der Waals surface area (Å²) in [5.74, 6) is 0. The molecule has 55 heavy (non-hydrogen) atoms. The molecule has 1 heterocycles. The Kier molecular flexibility index (Phi) is 7.11. The van der Waals surface area contributed by atoms with Gasteiger partial charge >= 0.3 is 0 Å². The van der Waals surface area contributed by atoms with E-state index in [4.69, 9.17) is 0 Å². The van der Waals surface area contributed by atoms with Gasteiger partial charge in [-0.1, -0.05) is 182 Å². The minimum absolute atomic E-state index is 0.615. The third-order valence-corrected chi connectivity index (χ3v) is 11.6. The van der Waals surface area contributed by atoms with Crippen molar-refractivity contribution in [2.45, 2.75) is 5.54 Å². The van der Waals surface area contributed by atoms with Gasteiger partial charge in [0, 0.05) is 21.8 Å². The summed E-state index contributed by atoms with van der Waals surface area (Å²) in [5.41, 5.74) is 13.9. The van der Waals surface area contributed by atoms with Gasteiger partial charge in [0.2, 0.25) is 0 Å². The standard InChI is InChI=1S/C53H36N2/c1-3-17-37(18-4-1)38-33-35-41(36-34-38)54(48-30-15-20-39-19-7-8-23-42(39)48)50-31-16-32-51-52(50)45-26-11-14-29-49(45)55(51)53(40-21-5-2-6-22-40)46-27-12-9-24-43(46)44-25-10-13-28-47(44)53/h1-36H. The number of rotatable bonds is 6. The van der Waals surface area contributed by atoms with Crippen molar-refractivity contribution in [1.82, 2.24) is 4.57 Å². The first-order valence-corrected chi connectivity index (χ1v) is 19.0. The molecule has 0 saturated heterocycles. The molecular formula is C53H36N2. The predicted octanol–water partition coefficient (Wildman–Crippen LogP) is 13.9. The Bertz CT molecular complexity index is 2980. The van der Waals surface area contributed by atoms with Crippen LogP contribution < -0.4 is 4.90 Å². The highest BCUT2D eigenvalue weighted by Gasteiger charge is 2.47. The predicted molar refractivity (Wildman–Crippen MR) is 231 cm³/mol. The molecule has 0 atom stereocenters. The van der Waals surface area contributed by atoms with E-state index in [0.717, 1.165) is 17.1 Å². The lowest BCUT2D eigenvalue weighted by molar-refractivity contribution is 0.564. The van der Waals surface area contributed by atoms with Gasteiger partial charge in [-0.2, -0.15) is 0 Å². The van der Waals surface area contributed by atoms with Crippen LogP contribution in [0.1, 0.15) is 16.7 Å². The molecule has 0 radical (unpaired) electrons. The van der Waals surface area contributed by atoms with E-state index < -0.39 is 5.54 Å². The fourth-order valence-electron chi connectivity index (χ4n) is 9.37. The molecule has 0 N–H and O–H groups in total. The van der Waals surface area contributed by atoms with Crippen LogP contribution in [0.3, 0.4) is 0 Å². The molecule has 2 heteroatoms. The zero-order chi connectivity index (χ0) is 36.3. The first kappa shape index (κ1) is 31.4. The molecule has 9 aromatic carbocycles. The lowest BCUT2D eigenvalue weighted by atomic mass is 9.80. The molecule has 0 amide bonds. The third-order valence-electron chi connectivity index (χ3n) is 11.6. The normalized spacial score (nSPS) is 12.9. The Morgan fingerprint density at radius 3 is 1.64 bits per heavy atom. The molecule has 0 saturated carbocycles. The van der Waals surface area contributed by atoms with Crippen LogP contribution in [0.2, 0.25) is 0 Å². The minimum atomic E-state index is -0.615. The van der Waals surface area contributed by atoms with Crippen LogP contribution in [0.4, 0.5) is 17.1 Å². The quantitative estimate of drug-likeness (QED) is 0.168. The number of anilines is 3. The van der Waals surface area contributed by atoms with Crippen LogP contribution >= 0.6 is 0 Å². The minimum Gasteiger partial charge on any atom is -0.322 e. The van der Waals surface area contributed by atoms with Crippen LogP contribution in [-0.2, 0) is 5.54 Å². The van der Waals surface area contributed by atoms with E-state index in [9.17, 15) is 0 Å². The number of para-hydroxylation sites is 1. The SMILES string of the molecule is c1ccc(-c2ccc(N(c3cccc4ccccc34)c3cccc4c3c3ccccc3n4C3(c4ccccc4)c4ccccc4-c4ccccc43)cc2)cc1. The maximum atomic E-state index is 2.64. The molecule has 0 bridgehead atoms. The molecule has 1 aliphatic carbocycles. The molecule has 0 spiro atoms. The van der Waals surface area contributed by atoms with E-state index >= 15 is 0 Å². The van der Waals surface area contributed by atoms with Crippen LogP contribution in [0.5, 0.6) is 0 Å². The van der Waals surface area contributed by atoms with Crippen LogP contribution in [0, 0.1) is 0 Å². The highest BCUT2D eigenvalue weighted by molar-refractivity contribution is 6.17. The van der Waals surface area contributed by atoms with Crippen molar-refractivity contribution in [1.29, 1.82) is 0 Å². The van der Waals surface area contributed by atoms with Crippen molar-refractivity contribution in [2.24, 2.45) is 0 Å². The molecule has 0 fully saturated rings. The van der Waals surface area contributed by atoms with Crippen molar-refractivity contribution in [3.8, 4) is 22.3 Å². The first-order chi connectivity index (χ1) is 27.3. The summed E-state index contributed by atoms with van der Waals surface area (Å²) in [6, 6.07) is 80.0. The third kappa shape index (κ3) is 4.62. The Balaban J connectivity index is 1.26. The monoisotopic (exact) mass is 700 g/mol. The summed E-state index contributed by atoms with van der Waals surface area (Å²) < 4.78 is 2.64. The van der Waals surface area contributed by atoms with Gasteiger partial charge in [0.1, 0.15) is 5.54 Å². The zero-order valence-corrected chi connectivity index (χ0v) is 30.2. The number of hydrogen-bond donors (Lipinski definition) is 0. The van der Waals surface area contributed by atoms with Crippen LogP contribution in [0.25, 0.3) is 54.8 Å². The first-order valence-electron chi connectivity index (χ1n) is 19.0. The molecule has 0 aliphatic heterocycles. The van der Waals surface area contributed by atoms with E-state index in [1.54, 1.807) is 0 Å². The van der Waals surface area contributed by atoms with Gasteiger partial charge in [-0.05, 0) is 80.7 Å². The number of fused-ring (bicyclic) bond motifs is 7. The molecule has 258 valence electrons. The highest BCUT2D eigenvalue weighted by atomic mass is 15.2. The second-order valence-corrected chi connectivity index (χ2v) is 14.4. The van der Waals surface area contributed by atoms with Crippen LogP contribution in [0.15, 0.2) is 218 Å². The van der Waals surface area contributed by atoms with E-state index in [1.165, 1.54) is 71.5 Å². The number of benzene rings is 9.